The number of hydrogen-bond acceptors (Lipinski definition) is 3. The van der Waals surface area contributed by atoms with E-state index in [9.17, 15) is 9.59 Å². The molecule has 0 aliphatic carbocycles. The molecule has 6 heteroatoms. The van der Waals surface area contributed by atoms with Crippen LogP contribution in [0.4, 0.5) is 5.69 Å². The van der Waals surface area contributed by atoms with Crippen LogP contribution in [-0.2, 0) is 20.7 Å². The lowest BCUT2D eigenvalue weighted by molar-refractivity contribution is -0.152. The van der Waals surface area contributed by atoms with E-state index >= 15 is 0 Å². The van der Waals surface area contributed by atoms with E-state index in [1.54, 1.807) is 48.5 Å². The number of anilines is 1. The van der Waals surface area contributed by atoms with Gasteiger partial charge in [0.15, 0.2) is 6.10 Å². The summed E-state index contributed by atoms with van der Waals surface area (Å²) < 4.78 is 5.13. The molecule has 0 spiro atoms. The minimum absolute atomic E-state index is 0.0754. The Balaban J connectivity index is 1.87. The number of hydrogen-bond donors (Lipinski definition) is 1. The Labute approximate surface area is 144 Å². The highest BCUT2D eigenvalue weighted by Crippen LogP contribution is 2.15. The molecule has 4 nitrogen and oxygen atoms in total. The molecule has 1 amide bonds. The van der Waals surface area contributed by atoms with Crippen molar-refractivity contribution >= 4 is 40.8 Å². The Morgan fingerprint density at radius 2 is 1.78 bits per heavy atom. The molecule has 0 bridgehead atoms. The van der Waals surface area contributed by atoms with Crippen LogP contribution in [0.15, 0.2) is 48.5 Å². The lowest BCUT2D eigenvalue weighted by Crippen LogP contribution is -2.30. The Bertz CT molecular complexity index is 701. The third kappa shape index (κ3) is 5.58. The second kappa shape index (κ2) is 7.99. The molecule has 0 heterocycles. The molecule has 0 radical (unpaired) electrons. The second-order valence-electron chi connectivity index (χ2n) is 4.93. The van der Waals surface area contributed by atoms with Gasteiger partial charge in [-0.05, 0) is 42.8 Å². The summed E-state index contributed by atoms with van der Waals surface area (Å²) in [5.41, 5.74) is 1.31. The van der Waals surface area contributed by atoms with Gasteiger partial charge in [-0.15, -0.1) is 0 Å². The fourth-order valence-corrected chi connectivity index (χ4v) is 2.19. The third-order valence-corrected chi connectivity index (χ3v) is 3.52. The molecule has 0 saturated carbocycles. The van der Waals surface area contributed by atoms with Crippen LogP contribution in [-0.4, -0.2) is 18.0 Å². The monoisotopic (exact) mass is 351 g/mol. The highest BCUT2D eigenvalue weighted by Gasteiger charge is 2.18. The zero-order valence-electron chi connectivity index (χ0n) is 12.4. The zero-order chi connectivity index (χ0) is 16.8. The maximum atomic E-state index is 12.0. The first-order chi connectivity index (χ1) is 10.9. The van der Waals surface area contributed by atoms with Crippen molar-refractivity contribution in [3.8, 4) is 0 Å². The normalized spacial score (nSPS) is 11.6. The number of benzene rings is 2. The summed E-state index contributed by atoms with van der Waals surface area (Å²) in [5.74, 6) is -0.905. The molecule has 0 saturated heterocycles. The van der Waals surface area contributed by atoms with E-state index in [-0.39, 0.29) is 6.42 Å². The number of nitrogens with one attached hydrogen (secondary N) is 1. The van der Waals surface area contributed by atoms with Gasteiger partial charge in [0.05, 0.1) is 6.42 Å². The Hall–Kier alpha value is -2.04. The van der Waals surface area contributed by atoms with Crippen molar-refractivity contribution in [1.82, 2.24) is 0 Å². The molecular weight excluding hydrogens is 337 g/mol. The first-order valence-corrected chi connectivity index (χ1v) is 7.70. The van der Waals surface area contributed by atoms with Gasteiger partial charge in [0.25, 0.3) is 5.91 Å². The highest BCUT2D eigenvalue weighted by molar-refractivity contribution is 6.31. The molecular formula is C17H15Cl2NO3. The minimum atomic E-state index is -0.909. The lowest BCUT2D eigenvalue weighted by Gasteiger charge is -2.13. The largest absolute Gasteiger partial charge is 0.452 e. The van der Waals surface area contributed by atoms with E-state index in [2.05, 4.69) is 5.32 Å². The molecule has 2 rings (SSSR count). The van der Waals surface area contributed by atoms with E-state index in [0.29, 0.717) is 15.7 Å². The molecule has 0 aliphatic rings. The van der Waals surface area contributed by atoms with Crippen LogP contribution < -0.4 is 5.32 Å². The van der Waals surface area contributed by atoms with Crippen molar-refractivity contribution in [2.45, 2.75) is 19.4 Å². The molecule has 120 valence electrons. The van der Waals surface area contributed by atoms with Crippen molar-refractivity contribution < 1.29 is 14.3 Å². The maximum absolute atomic E-state index is 12.0. The van der Waals surface area contributed by atoms with Gasteiger partial charge in [0.2, 0.25) is 0 Å². The van der Waals surface area contributed by atoms with Crippen molar-refractivity contribution in [3.63, 3.8) is 0 Å². The molecule has 0 aromatic heterocycles. The average molecular weight is 352 g/mol. The number of amides is 1. The van der Waals surface area contributed by atoms with Crippen LogP contribution in [0.3, 0.4) is 0 Å². The fourth-order valence-electron chi connectivity index (χ4n) is 1.87. The van der Waals surface area contributed by atoms with E-state index < -0.39 is 18.0 Å². The summed E-state index contributed by atoms with van der Waals surface area (Å²) in [6.07, 6.45) is -0.833. The third-order valence-electron chi connectivity index (χ3n) is 3.03. The van der Waals surface area contributed by atoms with E-state index in [1.165, 1.54) is 6.92 Å². The Kier molecular flexibility index (Phi) is 6.02. The fraction of sp³-hybridized carbons (Fsp3) is 0.176. The number of rotatable bonds is 5. The molecule has 23 heavy (non-hydrogen) atoms. The number of halogens is 2. The van der Waals surface area contributed by atoms with Gasteiger partial charge >= 0.3 is 5.97 Å². The molecule has 2 aromatic rings. The van der Waals surface area contributed by atoms with Gasteiger partial charge in [-0.2, -0.15) is 0 Å². The van der Waals surface area contributed by atoms with Crippen LogP contribution in [0.5, 0.6) is 0 Å². The molecule has 0 aliphatic heterocycles. The van der Waals surface area contributed by atoms with Crippen molar-refractivity contribution in [1.29, 1.82) is 0 Å². The predicted molar refractivity (Wildman–Crippen MR) is 90.8 cm³/mol. The summed E-state index contributed by atoms with van der Waals surface area (Å²) in [7, 11) is 0. The standard InChI is InChI=1S/C17H15Cl2NO3/c1-11(17(22)20-15-4-2-3-14(19)10-15)23-16(21)9-12-5-7-13(18)8-6-12/h2-8,10-11H,9H2,1H3,(H,20,22)/t11-/m0/s1. The van der Waals surface area contributed by atoms with Gasteiger partial charge in [-0.3, -0.25) is 9.59 Å². The lowest BCUT2D eigenvalue weighted by atomic mass is 10.1. The van der Waals surface area contributed by atoms with Gasteiger partial charge in [-0.1, -0.05) is 41.4 Å². The molecule has 1 atom stereocenters. The Morgan fingerprint density at radius 1 is 1.09 bits per heavy atom. The summed E-state index contributed by atoms with van der Waals surface area (Å²) in [6, 6.07) is 13.6. The molecule has 0 unspecified atom stereocenters. The maximum Gasteiger partial charge on any atom is 0.311 e. The smallest absolute Gasteiger partial charge is 0.311 e. The van der Waals surface area contributed by atoms with Gasteiger partial charge in [0, 0.05) is 15.7 Å². The summed E-state index contributed by atoms with van der Waals surface area (Å²) in [4.78, 5) is 23.9. The quantitative estimate of drug-likeness (QED) is 0.824. The molecule has 0 fully saturated rings. The van der Waals surface area contributed by atoms with E-state index in [1.807, 2.05) is 0 Å². The summed E-state index contributed by atoms with van der Waals surface area (Å²) in [5, 5.41) is 3.74. The minimum Gasteiger partial charge on any atom is -0.452 e. The number of carbonyl (C=O) groups is 2. The molecule has 1 N–H and O–H groups in total. The predicted octanol–water partition coefficient (Wildman–Crippen LogP) is 4.11. The van der Waals surface area contributed by atoms with Gasteiger partial charge < -0.3 is 10.1 Å². The first kappa shape index (κ1) is 17.3. The second-order valence-corrected chi connectivity index (χ2v) is 5.81. The van der Waals surface area contributed by atoms with Crippen molar-refractivity contribution in [2.24, 2.45) is 0 Å². The van der Waals surface area contributed by atoms with E-state index in [4.69, 9.17) is 27.9 Å². The summed E-state index contributed by atoms with van der Waals surface area (Å²) in [6.45, 7) is 1.51. The van der Waals surface area contributed by atoms with E-state index in [0.717, 1.165) is 5.56 Å². The average Bonchev–Trinajstić information content (AvgIpc) is 2.49. The first-order valence-electron chi connectivity index (χ1n) is 6.94. The number of ether oxygens (including phenoxy) is 1. The van der Waals surface area contributed by atoms with Crippen LogP contribution in [0.2, 0.25) is 10.0 Å². The Morgan fingerprint density at radius 3 is 2.43 bits per heavy atom. The van der Waals surface area contributed by atoms with Gasteiger partial charge in [0.1, 0.15) is 0 Å². The van der Waals surface area contributed by atoms with Crippen LogP contribution in [0.1, 0.15) is 12.5 Å². The SMILES string of the molecule is C[C@H](OC(=O)Cc1ccc(Cl)cc1)C(=O)Nc1cccc(Cl)c1. The van der Waals surface area contributed by atoms with Crippen LogP contribution in [0, 0.1) is 0 Å². The van der Waals surface area contributed by atoms with Crippen LogP contribution >= 0.6 is 23.2 Å². The van der Waals surface area contributed by atoms with Crippen molar-refractivity contribution in [3.05, 3.63) is 64.1 Å². The molecule has 2 aromatic carbocycles. The number of esters is 1. The zero-order valence-corrected chi connectivity index (χ0v) is 13.9. The summed E-state index contributed by atoms with van der Waals surface area (Å²) >= 11 is 11.6. The van der Waals surface area contributed by atoms with Gasteiger partial charge in [-0.25, -0.2) is 0 Å². The topological polar surface area (TPSA) is 55.4 Å². The van der Waals surface area contributed by atoms with Crippen molar-refractivity contribution in [2.75, 3.05) is 5.32 Å². The highest BCUT2D eigenvalue weighted by atomic mass is 35.5. The van der Waals surface area contributed by atoms with Crippen LogP contribution in [0.25, 0.3) is 0 Å². The number of carbonyl (C=O) groups excluding carboxylic acids is 2.